The van der Waals surface area contributed by atoms with Crippen LogP contribution >= 0.6 is 11.6 Å². The third kappa shape index (κ3) is 2.87. The Kier molecular flexibility index (Phi) is 3.51. The molecule has 82 valence electrons. The zero-order valence-electron chi connectivity index (χ0n) is 8.78. The van der Waals surface area contributed by atoms with Crippen LogP contribution in [0.5, 0.6) is 0 Å². The molecule has 5 heteroatoms. The number of hydrogen-bond acceptors (Lipinski definition) is 4. The number of aromatic nitrogens is 2. The van der Waals surface area contributed by atoms with Crippen molar-refractivity contribution >= 4 is 11.6 Å². The van der Waals surface area contributed by atoms with Gasteiger partial charge < -0.3 is 5.32 Å². The molecular weight excluding hydrogens is 212 g/mol. The Hall–Kier alpha value is -0.710. The lowest BCUT2D eigenvalue weighted by atomic mass is 10.2. The number of halogens is 1. The monoisotopic (exact) mass is 226 g/mol. The molecule has 1 N–H and O–H groups in total. The van der Waals surface area contributed by atoms with Crippen molar-refractivity contribution in [3.8, 4) is 0 Å². The molecule has 4 nitrogen and oxygen atoms in total. The van der Waals surface area contributed by atoms with Crippen LogP contribution in [0.3, 0.4) is 0 Å². The molecule has 0 aromatic carbocycles. The van der Waals surface area contributed by atoms with Gasteiger partial charge in [-0.2, -0.15) is 0 Å². The van der Waals surface area contributed by atoms with E-state index in [1.54, 1.807) is 6.20 Å². The predicted octanol–water partition coefficient (Wildman–Crippen LogP) is 0.924. The third-order valence-corrected chi connectivity index (χ3v) is 2.94. The van der Waals surface area contributed by atoms with Gasteiger partial charge in [-0.15, -0.1) is 0 Å². The second-order valence-electron chi connectivity index (χ2n) is 3.88. The van der Waals surface area contributed by atoms with Crippen LogP contribution < -0.4 is 5.32 Å². The van der Waals surface area contributed by atoms with Gasteiger partial charge in [-0.05, 0) is 37.7 Å². The number of likely N-dealkylation sites (N-methyl/N-ethyl adjacent to an activating group) is 1. The Morgan fingerprint density at radius 1 is 1.67 bits per heavy atom. The minimum absolute atomic E-state index is 0.324. The zero-order chi connectivity index (χ0) is 10.7. The highest BCUT2D eigenvalue weighted by atomic mass is 35.5. The van der Waals surface area contributed by atoms with Gasteiger partial charge in [0.25, 0.3) is 0 Å². The summed E-state index contributed by atoms with van der Waals surface area (Å²) in [5.74, 6) is 0. The molecule has 1 saturated heterocycles. The molecule has 1 aromatic heterocycles. The number of rotatable bonds is 3. The Morgan fingerprint density at radius 3 is 3.20 bits per heavy atom. The van der Waals surface area contributed by atoms with Gasteiger partial charge in [-0.25, -0.2) is 9.97 Å². The molecule has 1 fully saturated rings. The SMILES string of the molecule is CN(Cc1ccnc(Cl)n1)C1CCNC1. The highest BCUT2D eigenvalue weighted by Gasteiger charge is 2.19. The van der Waals surface area contributed by atoms with Crippen molar-refractivity contribution in [3.63, 3.8) is 0 Å². The highest BCUT2D eigenvalue weighted by molar-refractivity contribution is 6.28. The van der Waals surface area contributed by atoms with E-state index in [2.05, 4.69) is 27.2 Å². The van der Waals surface area contributed by atoms with Crippen LogP contribution in [0.1, 0.15) is 12.1 Å². The fourth-order valence-corrected chi connectivity index (χ4v) is 2.02. The van der Waals surface area contributed by atoms with E-state index in [0.717, 1.165) is 25.3 Å². The molecule has 1 unspecified atom stereocenters. The molecular formula is C10H15ClN4. The Bertz CT molecular complexity index is 325. The van der Waals surface area contributed by atoms with E-state index in [0.29, 0.717) is 11.3 Å². The van der Waals surface area contributed by atoms with Crippen molar-refractivity contribution in [3.05, 3.63) is 23.2 Å². The van der Waals surface area contributed by atoms with Crippen LogP contribution in [0.4, 0.5) is 0 Å². The van der Waals surface area contributed by atoms with Crippen molar-refractivity contribution in [2.45, 2.75) is 19.0 Å². The quantitative estimate of drug-likeness (QED) is 0.779. The average Bonchev–Trinajstić information content (AvgIpc) is 2.70. The van der Waals surface area contributed by atoms with Crippen molar-refractivity contribution in [1.29, 1.82) is 0 Å². The summed E-state index contributed by atoms with van der Waals surface area (Å²) in [6.07, 6.45) is 2.90. The van der Waals surface area contributed by atoms with Crippen LogP contribution in [0.25, 0.3) is 0 Å². The highest BCUT2D eigenvalue weighted by Crippen LogP contribution is 2.10. The smallest absolute Gasteiger partial charge is 0.222 e. The molecule has 1 aliphatic rings. The topological polar surface area (TPSA) is 41.1 Å². The Balaban J connectivity index is 1.95. The van der Waals surface area contributed by atoms with Gasteiger partial charge in [0, 0.05) is 25.3 Å². The van der Waals surface area contributed by atoms with Gasteiger partial charge in [-0.1, -0.05) is 0 Å². The van der Waals surface area contributed by atoms with Crippen molar-refractivity contribution < 1.29 is 0 Å². The summed E-state index contributed by atoms with van der Waals surface area (Å²) in [5, 5.41) is 3.67. The Morgan fingerprint density at radius 2 is 2.53 bits per heavy atom. The average molecular weight is 227 g/mol. The third-order valence-electron chi connectivity index (χ3n) is 2.75. The van der Waals surface area contributed by atoms with Crippen LogP contribution in [-0.2, 0) is 6.54 Å². The summed E-state index contributed by atoms with van der Waals surface area (Å²) in [6.45, 7) is 3.00. The number of nitrogens with zero attached hydrogens (tertiary/aromatic N) is 3. The van der Waals surface area contributed by atoms with Crippen molar-refractivity contribution in [2.75, 3.05) is 20.1 Å². The van der Waals surface area contributed by atoms with E-state index in [1.807, 2.05) is 6.07 Å². The summed E-state index contributed by atoms with van der Waals surface area (Å²) < 4.78 is 0. The summed E-state index contributed by atoms with van der Waals surface area (Å²) in [7, 11) is 2.12. The van der Waals surface area contributed by atoms with E-state index in [1.165, 1.54) is 6.42 Å². The van der Waals surface area contributed by atoms with Crippen LogP contribution in [0.15, 0.2) is 12.3 Å². The molecule has 1 atom stereocenters. The van der Waals surface area contributed by atoms with Gasteiger partial charge >= 0.3 is 0 Å². The van der Waals surface area contributed by atoms with Gasteiger partial charge in [0.05, 0.1) is 5.69 Å². The maximum Gasteiger partial charge on any atom is 0.222 e. The molecule has 0 saturated carbocycles. The summed E-state index contributed by atoms with van der Waals surface area (Å²) in [6, 6.07) is 2.52. The standard InChI is InChI=1S/C10H15ClN4/c1-15(9-3-4-12-6-9)7-8-2-5-13-10(11)14-8/h2,5,9,12H,3-4,6-7H2,1H3. The summed E-state index contributed by atoms with van der Waals surface area (Å²) in [4.78, 5) is 10.3. The summed E-state index contributed by atoms with van der Waals surface area (Å²) >= 11 is 5.73. The molecule has 0 bridgehead atoms. The lowest BCUT2D eigenvalue weighted by Gasteiger charge is -2.22. The maximum absolute atomic E-state index is 5.73. The van der Waals surface area contributed by atoms with Crippen LogP contribution in [0, 0.1) is 0 Å². The number of hydrogen-bond donors (Lipinski definition) is 1. The molecule has 0 aliphatic carbocycles. The first kappa shape index (κ1) is 10.8. The first-order valence-electron chi connectivity index (χ1n) is 5.14. The molecule has 0 radical (unpaired) electrons. The summed E-state index contributed by atoms with van der Waals surface area (Å²) in [5.41, 5.74) is 0.976. The van der Waals surface area contributed by atoms with E-state index in [-0.39, 0.29) is 0 Å². The van der Waals surface area contributed by atoms with Crippen LogP contribution in [-0.4, -0.2) is 41.0 Å². The fourth-order valence-electron chi connectivity index (χ4n) is 1.86. The van der Waals surface area contributed by atoms with E-state index >= 15 is 0 Å². The number of nitrogens with one attached hydrogen (secondary N) is 1. The second-order valence-corrected chi connectivity index (χ2v) is 4.22. The Labute approximate surface area is 94.7 Å². The molecule has 15 heavy (non-hydrogen) atoms. The van der Waals surface area contributed by atoms with Gasteiger partial charge in [0.2, 0.25) is 5.28 Å². The van der Waals surface area contributed by atoms with Gasteiger partial charge in [-0.3, -0.25) is 4.90 Å². The predicted molar refractivity (Wildman–Crippen MR) is 59.8 cm³/mol. The normalized spacial score (nSPS) is 21.1. The van der Waals surface area contributed by atoms with Crippen molar-refractivity contribution in [2.24, 2.45) is 0 Å². The molecule has 0 spiro atoms. The van der Waals surface area contributed by atoms with E-state index < -0.39 is 0 Å². The molecule has 2 heterocycles. The second kappa shape index (κ2) is 4.88. The maximum atomic E-state index is 5.73. The minimum Gasteiger partial charge on any atom is -0.315 e. The first-order chi connectivity index (χ1) is 7.25. The van der Waals surface area contributed by atoms with E-state index in [4.69, 9.17) is 11.6 Å². The van der Waals surface area contributed by atoms with Gasteiger partial charge in [0.15, 0.2) is 0 Å². The zero-order valence-corrected chi connectivity index (χ0v) is 9.54. The molecule has 0 amide bonds. The molecule has 1 aromatic rings. The molecule has 2 rings (SSSR count). The largest absolute Gasteiger partial charge is 0.315 e. The van der Waals surface area contributed by atoms with Crippen LogP contribution in [0.2, 0.25) is 5.28 Å². The van der Waals surface area contributed by atoms with E-state index in [9.17, 15) is 0 Å². The lowest BCUT2D eigenvalue weighted by molar-refractivity contribution is 0.246. The molecule has 1 aliphatic heterocycles. The van der Waals surface area contributed by atoms with Crippen molar-refractivity contribution in [1.82, 2.24) is 20.2 Å². The fraction of sp³-hybridized carbons (Fsp3) is 0.600. The lowest BCUT2D eigenvalue weighted by Crippen LogP contribution is -2.33. The minimum atomic E-state index is 0.324. The first-order valence-corrected chi connectivity index (χ1v) is 5.52. The van der Waals surface area contributed by atoms with Gasteiger partial charge in [0.1, 0.15) is 0 Å².